The lowest BCUT2D eigenvalue weighted by Crippen LogP contribution is -2.30. The monoisotopic (exact) mass is 321 g/mol. The molecule has 0 amide bonds. The predicted octanol–water partition coefficient (Wildman–Crippen LogP) is 2.60. The largest absolute Gasteiger partial charge is 0.497 e. The summed E-state index contributed by atoms with van der Waals surface area (Å²) in [5.41, 5.74) is 4.84. The number of hydrogen-bond donors (Lipinski definition) is 2. The van der Waals surface area contributed by atoms with Gasteiger partial charge in [-0.25, -0.2) is 0 Å². The number of rotatable bonds is 5. The van der Waals surface area contributed by atoms with E-state index in [0.29, 0.717) is 0 Å². The van der Waals surface area contributed by atoms with Gasteiger partial charge in [-0.05, 0) is 42.3 Å². The molecule has 19 heavy (non-hydrogen) atoms. The van der Waals surface area contributed by atoms with Gasteiger partial charge in [0.1, 0.15) is 5.75 Å². The molecule has 0 spiro atoms. The molecule has 4 nitrogen and oxygen atoms in total. The molecule has 0 saturated carbocycles. The number of aromatic nitrogens is 1. The van der Waals surface area contributed by atoms with Crippen molar-refractivity contribution in [2.45, 2.75) is 12.5 Å². The van der Waals surface area contributed by atoms with Crippen molar-refractivity contribution in [3.63, 3.8) is 0 Å². The lowest BCUT2D eigenvalue weighted by Gasteiger charge is -2.16. The Bertz CT molecular complexity index is 533. The maximum atomic E-state index is 5.64. The minimum Gasteiger partial charge on any atom is -0.497 e. The third-order valence-corrected chi connectivity index (χ3v) is 3.70. The summed E-state index contributed by atoms with van der Waals surface area (Å²) in [5, 5.41) is 0. The van der Waals surface area contributed by atoms with Crippen molar-refractivity contribution >= 4 is 15.9 Å². The molecule has 0 aliphatic rings. The van der Waals surface area contributed by atoms with Gasteiger partial charge >= 0.3 is 0 Å². The van der Waals surface area contributed by atoms with Gasteiger partial charge < -0.3 is 4.74 Å². The van der Waals surface area contributed by atoms with Gasteiger partial charge in [0.05, 0.1) is 18.8 Å². The molecule has 2 aromatic rings. The van der Waals surface area contributed by atoms with Crippen LogP contribution in [0.2, 0.25) is 0 Å². The number of nitrogens with one attached hydrogen (secondary N) is 1. The zero-order valence-corrected chi connectivity index (χ0v) is 12.2. The highest BCUT2D eigenvalue weighted by molar-refractivity contribution is 9.10. The topological polar surface area (TPSA) is 60.2 Å². The number of halogens is 1. The van der Waals surface area contributed by atoms with E-state index in [1.165, 1.54) is 0 Å². The Morgan fingerprint density at radius 1 is 1.37 bits per heavy atom. The van der Waals surface area contributed by atoms with Gasteiger partial charge in [0.2, 0.25) is 0 Å². The van der Waals surface area contributed by atoms with Crippen LogP contribution in [0.4, 0.5) is 0 Å². The molecule has 0 radical (unpaired) electrons. The Morgan fingerprint density at radius 3 is 2.84 bits per heavy atom. The van der Waals surface area contributed by atoms with Crippen LogP contribution in [0.25, 0.3) is 0 Å². The van der Waals surface area contributed by atoms with Crippen molar-refractivity contribution in [2.24, 2.45) is 5.84 Å². The second-order valence-electron chi connectivity index (χ2n) is 4.14. The Balaban J connectivity index is 2.23. The summed E-state index contributed by atoms with van der Waals surface area (Å²) in [6.45, 7) is 0. The summed E-state index contributed by atoms with van der Waals surface area (Å²) in [6.07, 6.45) is 2.49. The number of hydrogen-bond acceptors (Lipinski definition) is 4. The van der Waals surface area contributed by atoms with E-state index < -0.39 is 0 Å². The first kappa shape index (κ1) is 14.0. The molecule has 3 N–H and O–H groups in total. The van der Waals surface area contributed by atoms with E-state index in [-0.39, 0.29) is 6.04 Å². The molecular formula is C14H16BrN3O. The van der Waals surface area contributed by atoms with Gasteiger partial charge in [-0.1, -0.05) is 22.0 Å². The van der Waals surface area contributed by atoms with E-state index in [1.54, 1.807) is 13.3 Å². The number of nitrogens with zero attached hydrogens (tertiary/aromatic N) is 1. The van der Waals surface area contributed by atoms with E-state index in [9.17, 15) is 0 Å². The highest BCUT2D eigenvalue weighted by Gasteiger charge is 2.14. The normalized spacial score (nSPS) is 12.2. The minimum atomic E-state index is -0.0374. The molecule has 0 aliphatic heterocycles. The molecule has 1 heterocycles. The lowest BCUT2D eigenvalue weighted by atomic mass is 10.0. The average Bonchev–Trinajstić information content (AvgIpc) is 2.47. The third-order valence-electron chi connectivity index (χ3n) is 2.92. The fourth-order valence-electron chi connectivity index (χ4n) is 1.89. The van der Waals surface area contributed by atoms with Crippen molar-refractivity contribution in [2.75, 3.05) is 7.11 Å². The minimum absolute atomic E-state index is 0.0374. The van der Waals surface area contributed by atoms with E-state index in [1.807, 2.05) is 36.4 Å². The molecule has 0 aliphatic carbocycles. The van der Waals surface area contributed by atoms with Gasteiger partial charge in [-0.2, -0.15) is 0 Å². The number of ether oxygens (including phenoxy) is 1. The molecule has 2 rings (SSSR count). The second kappa shape index (κ2) is 6.65. The van der Waals surface area contributed by atoms with Crippen LogP contribution in [0.5, 0.6) is 5.75 Å². The number of methoxy groups -OCH3 is 1. The first-order valence-corrected chi connectivity index (χ1v) is 6.73. The van der Waals surface area contributed by atoms with Crippen molar-refractivity contribution in [3.8, 4) is 5.75 Å². The second-order valence-corrected chi connectivity index (χ2v) is 4.99. The molecule has 0 fully saturated rings. The van der Waals surface area contributed by atoms with Crippen LogP contribution in [0.1, 0.15) is 17.3 Å². The molecule has 0 bridgehead atoms. The van der Waals surface area contributed by atoms with Crippen LogP contribution in [0.15, 0.2) is 47.1 Å². The average molecular weight is 322 g/mol. The molecule has 0 saturated heterocycles. The summed E-state index contributed by atoms with van der Waals surface area (Å²) in [6, 6.07) is 11.6. The van der Waals surface area contributed by atoms with Crippen LogP contribution in [-0.4, -0.2) is 12.1 Å². The van der Waals surface area contributed by atoms with Crippen LogP contribution in [0.3, 0.4) is 0 Å². The Kier molecular flexibility index (Phi) is 4.90. The maximum absolute atomic E-state index is 5.64. The van der Waals surface area contributed by atoms with Crippen molar-refractivity contribution < 1.29 is 4.74 Å². The van der Waals surface area contributed by atoms with Gasteiger partial charge in [0, 0.05) is 10.7 Å². The van der Waals surface area contributed by atoms with Crippen LogP contribution in [-0.2, 0) is 6.42 Å². The smallest absolute Gasteiger partial charge is 0.119 e. The first-order chi connectivity index (χ1) is 9.24. The number of pyridine rings is 1. The van der Waals surface area contributed by atoms with Crippen molar-refractivity contribution in [1.29, 1.82) is 0 Å². The fraction of sp³-hybridized carbons (Fsp3) is 0.214. The SMILES string of the molecule is COc1ccc(Br)c(CC(NN)c2ccccn2)c1. The Morgan fingerprint density at radius 2 is 2.21 bits per heavy atom. The summed E-state index contributed by atoms with van der Waals surface area (Å²) in [7, 11) is 1.66. The standard InChI is InChI=1S/C14H16BrN3O/c1-19-11-5-6-12(15)10(8-11)9-14(18-16)13-4-2-3-7-17-13/h2-8,14,18H,9,16H2,1H3. The Labute approximate surface area is 121 Å². The van der Waals surface area contributed by atoms with Gasteiger partial charge in [0.15, 0.2) is 0 Å². The number of hydrazine groups is 1. The molecule has 100 valence electrons. The van der Waals surface area contributed by atoms with Crippen molar-refractivity contribution in [3.05, 3.63) is 58.3 Å². The highest BCUT2D eigenvalue weighted by Crippen LogP contribution is 2.26. The van der Waals surface area contributed by atoms with Gasteiger partial charge in [-0.15, -0.1) is 0 Å². The Hall–Kier alpha value is -1.43. The van der Waals surface area contributed by atoms with E-state index >= 15 is 0 Å². The molecule has 1 unspecified atom stereocenters. The summed E-state index contributed by atoms with van der Waals surface area (Å²) >= 11 is 3.55. The van der Waals surface area contributed by atoms with Crippen LogP contribution >= 0.6 is 15.9 Å². The fourth-order valence-corrected chi connectivity index (χ4v) is 2.29. The molecular weight excluding hydrogens is 306 g/mol. The van der Waals surface area contributed by atoms with E-state index in [0.717, 1.165) is 27.9 Å². The number of benzene rings is 1. The summed E-state index contributed by atoms with van der Waals surface area (Å²) in [5.74, 6) is 6.47. The number of nitrogens with two attached hydrogens (primary N) is 1. The molecule has 5 heteroatoms. The quantitative estimate of drug-likeness (QED) is 0.656. The highest BCUT2D eigenvalue weighted by atomic mass is 79.9. The lowest BCUT2D eigenvalue weighted by molar-refractivity contribution is 0.413. The molecule has 1 atom stereocenters. The van der Waals surface area contributed by atoms with E-state index in [2.05, 4.69) is 26.3 Å². The molecule has 1 aromatic carbocycles. The van der Waals surface area contributed by atoms with Crippen molar-refractivity contribution in [1.82, 2.24) is 10.4 Å². The zero-order chi connectivity index (χ0) is 13.7. The first-order valence-electron chi connectivity index (χ1n) is 5.94. The van der Waals surface area contributed by atoms with Gasteiger partial charge in [-0.3, -0.25) is 16.3 Å². The summed E-state index contributed by atoms with van der Waals surface area (Å²) < 4.78 is 6.27. The maximum Gasteiger partial charge on any atom is 0.119 e. The zero-order valence-electron chi connectivity index (χ0n) is 10.6. The van der Waals surface area contributed by atoms with Gasteiger partial charge in [0.25, 0.3) is 0 Å². The molecule has 1 aromatic heterocycles. The van der Waals surface area contributed by atoms with Crippen LogP contribution in [0, 0.1) is 0 Å². The van der Waals surface area contributed by atoms with E-state index in [4.69, 9.17) is 10.6 Å². The third kappa shape index (κ3) is 3.53. The van der Waals surface area contributed by atoms with Crippen LogP contribution < -0.4 is 16.0 Å². The summed E-state index contributed by atoms with van der Waals surface area (Å²) in [4.78, 5) is 4.33. The predicted molar refractivity (Wildman–Crippen MR) is 78.7 cm³/mol.